The highest BCUT2D eigenvalue weighted by Gasteiger charge is 2.24. The second kappa shape index (κ2) is 43.6. The Kier molecular flexibility index (Phi) is 41.0. The van der Waals surface area contributed by atoms with Crippen LogP contribution in [0.1, 0.15) is 175 Å². The summed E-state index contributed by atoms with van der Waals surface area (Å²) in [4.78, 5) is 26.0. The van der Waals surface area contributed by atoms with Gasteiger partial charge in [0, 0.05) is 6.42 Å². The summed E-state index contributed by atoms with van der Waals surface area (Å²) in [6, 6.07) is -0.735. The largest absolute Gasteiger partial charge is 0.462 e. The third-order valence-corrected chi connectivity index (χ3v) is 9.57. The molecule has 0 fully saturated rings. The highest BCUT2D eigenvalue weighted by atomic mass is 16.5. The number of rotatable bonds is 38. The van der Waals surface area contributed by atoms with Crippen molar-refractivity contribution in [3.8, 4) is 0 Å². The molecule has 1 amide bonds. The molecule has 0 heterocycles. The Morgan fingerprint density at radius 2 is 0.947 bits per heavy atom. The van der Waals surface area contributed by atoms with Crippen LogP contribution in [0, 0.1) is 0 Å². The molecule has 0 aromatic carbocycles. The maximum atomic E-state index is 13.1. The van der Waals surface area contributed by atoms with E-state index >= 15 is 0 Å². The number of allylic oxidation sites excluding steroid dienone is 18. The quantitative estimate of drug-likeness (QED) is 0.0329. The number of carbonyl (C=O) groups is 2. The summed E-state index contributed by atoms with van der Waals surface area (Å²) in [5, 5.41) is 23.6. The monoisotopic (exact) mass is 790 g/mol. The molecule has 0 saturated carbocycles. The number of aliphatic hydroxyl groups is 2. The van der Waals surface area contributed by atoms with E-state index in [1.54, 1.807) is 0 Å². The van der Waals surface area contributed by atoms with Crippen LogP contribution < -0.4 is 5.32 Å². The fourth-order valence-corrected chi connectivity index (χ4v) is 6.17. The smallest absolute Gasteiger partial charge is 0.306 e. The van der Waals surface area contributed by atoms with Crippen LogP contribution in [0.15, 0.2) is 109 Å². The zero-order valence-electron chi connectivity index (χ0n) is 36.4. The van der Waals surface area contributed by atoms with E-state index in [2.05, 4.69) is 50.4 Å². The molecule has 57 heavy (non-hydrogen) atoms. The van der Waals surface area contributed by atoms with E-state index in [4.69, 9.17) is 4.74 Å². The van der Waals surface area contributed by atoms with Gasteiger partial charge in [-0.15, -0.1) is 0 Å². The van der Waals surface area contributed by atoms with E-state index in [-0.39, 0.29) is 31.3 Å². The average Bonchev–Trinajstić information content (AvgIpc) is 3.20. The summed E-state index contributed by atoms with van der Waals surface area (Å²) < 4.78 is 5.84. The number of carbonyl (C=O) groups excluding carboxylic acids is 2. The van der Waals surface area contributed by atoms with Crippen molar-refractivity contribution in [3.05, 3.63) is 109 Å². The average molecular weight is 790 g/mol. The van der Waals surface area contributed by atoms with Crippen LogP contribution in [0.4, 0.5) is 0 Å². The minimum Gasteiger partial charge on any atom is -0.462 e. The number of aliphatic hydroxyl groups excluding tert-OH is 2. The number of ether oxygens (including phenoxy) is 1. The number of amides is 1. The lowest BCUT2D eigenvalue weighted by molar-refractivity contribution is -0.151. The summed E-state index contributed by atoms with van der Waals surface area (Å²) in [6.45, 7) is 6.14. The van der Waals surface area contributed by atoms with E-state index < -0.39 is 18.2 Å². The first-order valence-electron chi connectivity index (χ1n) is 22.7. The van der Waals surface area contributed by atoms with Crippen molar-refractivity contribution >= 4 is 11.9 Å². The highest BCUT2D eigenvalue weighted by Crippen LogP contribution is 2.16. The number of hydrogen-bond donors (Lipinski definition) is 3. The SMILES string of the molecule is CC/C=C/C=C/C=C\C=C/C=C/CCCC(=O)OC(CCCCC\C=C/C=C/C=C/C=C/CC)CC(=O)NC(CO)C(O)CCCCCCCCCCCCCC. The van der Waals surface area contributed by atoms with Gasteiger partial charge in [-0.05, 0) is 57.8 Å². The Hall–Kier alpha value is -3.48. The minimum absolute atomic E-state index is 0.0154. The molecule has 0 aliphatic rings. The Morgan fingerprint density at radius 3 is 1.44 bits per heavy atom. The Labute approximate surface area is 349 Å². The first-order valence-corrected chi connectivity index (χ1v) is 22.7. The molecular weight excluding hydrogens is 707 g/mol. The maximum absolute atomic E-state index is 13.1. The minimum atomic E-state index is -0.816. The third-order valence-electron chi connectivity index (χ3n) is 9.57. The Morgan fingerprint density at radius 1 is 0.526 bits per heavy atom. The summed E-state index contributed by atoms with van der Waals surface area (Å²) >= 11 is 0. The summed E-state index contributed by atoms with van der Waals surface area (Å²) in [7, 11) is 0. The maximum Gasteiger partial charge on any atom is 0.306 e. The zero-order chi connectivity index (χ0) is 41.7. The van der Waals surface area contributed by atoms with Gasteiger partial charge in [-0.1, -0.05) is 214 Å². The zero-order valence-corrected chi connectivity index (χ0v) is 36.4. The van der Waals surface area contributed by atoms with E-state index in [0.717, 1.165) is 64.2 Å². The number of esters is 1. The van der Waals surface area contributed by atoms with Crippen molar-refractivity contribution in [2.24, 2.45) is 0 Å². The predicted molar refractivity (Wildman–Crippen MR) is 245 cm³/mol. The van der Waals surface area contributed by atoms with Crippen LogP contribution in [-0.2, 0) is 14.3 Å². The van der Waals surface area contributed by atoms with Gasteiger partial charge in [0.25, 0.3) is 0 Å². The molecule has 0 aromatic heterocycles. The van der Waals surface area contributed by atoms with Crippen LogP contribution in [-0.4, -0.2) is 46.9 Å². The van der Waals surface area contributed by atoms with Crippen LogP contribution >= 0.6 is 0 Å². The molecular formula is C51H83NO5. The fourth-order valence-electron chi connectivity index (χ4n) is 6.17. The molecule has 0 aliphatic carbocycles. The van der Waals surface area contributed by atoms with Crippen molar-refractivity contribution in [1.29, 1.82) is 0 Å². The predicted octanol–water partition coefficient (Wildman–Crippen LogP) is 13.2. The fraction of sp³-hybridized carbons (Fsp3) is 0.608. The number of hydrogen-bond acceptors (Lipinski definition) is 5. The van der Waals surface area contributed by atoms with Crippen LogP contribution in [0.25, 0.3) is 0 Å². The lowest BCUT2D eigenvalue weighted by Gasteiger charge is -2.24. The molecule has 0 saturated heterocycles. The molecule has 0 aromatic rings. The second-order valence-corrected chi connectivity index (χ2v) is 14.9. The van der Waals surface area contributed by atoms with Gasteiger partial charge < -0.3 is 20.3 Å². The number of unbranched alkanes of at least 4 members (excludes halogenated alkanes) is 15. The van der Waals surface area contributed by atoms with Crippen molar-refractivity contribution in [2.75, 3.05) is 6.61 Å². The van der Waals surface area contributed by atoms with Gasteiger partial charge >= 0.3 is 5.97 Å². The molecule has 0 rings (SSSR count). The Balaban J connectivity index is 4.82. The van der Waals surface area contributed by atoms with Crippen molar-refractivity contribution in [2.45, 2.75) is 193 Å². The highest BCUT2D eigenvalue weighted by molar-refractivity contribution is 5.77. The van der Waals surface area contributed by atoms with Crippen molar-refractivity contribution < 1.29 is 24.5 Å². The summed E-state index contributed by atoms with van der Waals surface area (Å²) in [6.07, 6.45) is 58.6. The molecule has 3 N–H and O–H groups in total. The van der Waals surface area contributed by atoms with E-state index in [0.29, 0.717) is 19.3 Å². The molecule has 0 aliphatic heterocycles. The third kappa shape index (κ3) is 39.1. The van der Waals surface area contributed by atoms with Gasteiger partial charge in [0.2, 0.25) is 5.91 Å². The molecule has 6 nitrogen and oxygen atoms in total. The van der Waals surface area contributed by atoms with Crippen molar-refractivity contribution in [1.82, 2.24) is 5.32 Å². The first kappa shape index (κ1) is 53.5. The van der Waals surface area contributed by atoms with Gasteiger partial charge in [0.1, 0.15) is 6.10 Å². The van der Waals surface area contributed by atoms with Gasteiger partial charge in [-0.3, -0.25) is 9.59 Å². The van der Waals surface area contributed by atoms with E-state index in [9.17, 15) is 19.8 Å². The second-order valence-electron chi connectivity index (χ2n) is 14.9. The van der Waals surface area contributed by atoms with Crippen LogP contribution in [0.2, 0.25) is 0 Å². The molecule has 322 valence electrons. The number of nitrogens with one attached hydrogen (secondary N) is 1. The van der Waals surface area contributed by atoms with E-state index in [1.165, 1.54) is 57.8 Å². The lowest BCUT2D eigenvalue weighted by Crippen LogP contribution is -2.46. The topological polar surface area (TPSA) is 95.9 Å². The summed E-state index contributed by atoms with van der Waals surface area (Å²) in [5.74, 6) is -0.616. The first-order chi connectivity index (χ1) is 28.0. The lowest BCUT2D eigenvalue weighted by atomic mass is 10.0. The van der Waals surface area contributed by atoms with Crippen LogP contribution in [0.5, 0.6) is 0 Å². The molecule has 0 bridgehead atoms. The molecule has 3 atom stereocenters. The molecule has 0 radical (unpaired) electrons. The normalized spacial score (nSPS) is 14.4. The van der Waals surface area contributed by atoms with Gasteiger partial charge in [0.15, 0.2) is 0 Å². The molecule has 6 heteroatoms. The van der Waals surface area contributed by atoms with E-state index in [1.807, 2.05) is 85.1 Å². The molecule has 3 unspecified atom stereocenters. The summed E-state index contributed by atoms with van der Waals surface area (Å²) in [5.41, 5.74) is 0. The van der Waals surface area contributed by atoms with Gasteiger partial charge in [0.05, 0.1) is 25.2 Å². The van der Waals surface area contributed by atoms with Gasteiger partial charge in [-0.25, -0.2) is 0 Å². The van der Waals surface area contributed by atoms with Gasteiger partial charge in [-0.2, -0.15) is 0 Å². The standard InChI is InChI=1S/C51H83NO5/c1-4-7-10-13-16-19-22-25-27-30-33-36-39-42-47(57-51(56)44-41-38-35-32-29-26-23-20-17-14-11-8-5-2)45-50(55)52-48(46-53)49(54)43-40-37-34-31-28-24-21-18-15-12-9-6-3/h7-8,10-11,13-14,16-17,19-20,22-23,25-27,29,32,35,47-49,53-54H,4-6,9,12,15,18,21,24,28,30-31,33-34,36-46H2,1-3H3,(H,52,55)/b10-7+,11-8+,16-13+,17-14+,22-19+,23-20-,27-25-,29-26-,35-32+. The van der Waals surface area contributed by atoms with Crippen molar-refractivity contribution in [3.63, 3.8) is 0 Å². The van der Waals surface area contributed by atoms with Crippen LogP contribution in [0.3, 0.4) is 0 Å². The Bertz CT molecular complexity index is 1200. The molecule has 0 spiro atoms.